The van der Waals surface area contributed by atoms with Gasteiger partial charge in [-0.3, -0.25) is 5.10 Å². The van der Waals surface area contributed by atoms with E-state index in [1.54, 1.807) is 0 Å². The highest BCUT2D eigenvalue weighted by atomic mass is 35.5. The first-order valence-electron chi connectivity index (χ1n) is 7.09. The summed E-state index contributed by atoms with van der Waals surface area (Å²) in [6, 6.07) is 7.53. The maximum absolute atomic E-state index is 13.6. The summed E-state index contributed by atoms with van der Waals surface area (Å²) in [4.78, 5) is 0. The summed E-state index contributed by atoms with van der Waals surface area (Å²) in [5, 5.41) is 5.90. The van der Waals surface area contributed by atoms with Gasteiger partial charge < -0.3 is 0 Å². The number of H-pyrrole nitrogens is 1. The number of hydrogen-bond acceptors (Lipinski definition) is 1. The molecule has 0 fully saturated rings. The number of hydrogen-bond donors (Lipinski definition) is 1. The summed E-state index contributed by atoms with van der Waals surface area (Å²) in [6.45, 7) is 0. The fraction of sp³-hybridized carbons (Fsp3) is 0.118. The summed E-state index contributed by atoms with van der Waals surface area (Å²) >= 11 is 5.90. The van der Waals surface area contributed by atoms with Crippen LogP contribution in [-0.4, -0.2) is 16.4 Å². The van der Waals surface area contributed by atoms with Gasteiger partial charge in [-0.1, -0.05) is 29.8 Å². The lowest BCUT2D eigenvalue weighted by Gasteiger charge is -2.13. The van der Waals surface area contributed by atoms with Gasteiger partial charge in [0.1, 0.15) is 5.82 Å². The zero-order valence-electron chi connectivity index (χ0n) is 12.5. The van der Waals surface area contributed by atoms with Crippen LogP contribution in [-0.2, 0) is 0 Å². The summed E-state index contributed by atoms with van der Waals surface area (Å²) in [5.74, 6) is -1.33. The van der Waals surface area contributed by atoms with Crippen LogP contribution in [0.4, 0.5) is 22.0 Å². The molecule has 1 heterocycles. The van der Waals surface area contributed by atoms with Crippen LogP contribution in [0, 0.1) is 11.8 Å². The highest BCUT2D eigenvalue weighted by molar-refractivity contribution is 6.32. The van der Waals surface area contributed by atoms with Gasteiger partial charge in [-0.05, 0) is 41.0 Å². The van der Waals surface area contributed by atoms with E-state index < -0.39 is 24.4 Å². The third-order valence-electron chi connectivity index (χ3n) is 3.54. The molecule has 130 valence electrons. The number of aromatic amines is 1. The Hall–Kier alpha value is -2.41. The van der Waals surface area contributed by atoms with E-state index in [-0.39, 0.29) is 21.5 Å². The Morgan fingerprint density at radius 1 is 1.12 bits per heavy atom. The molecule has 25 heavy (non-hydrogen) atoms. The zero-order valence-corrected chi connectivity index (χ0v) is 13.2. The molecule has 0 saturated heterocycles. The van der Waals surface area contributed by atoms with Gasteiger partial charge in [0.15, 0.2) is 0 Å². The Kier molecular flexibility index (Phi) is 4.51. The van der Waals surface area contributed by atoms with E-state index in [1.807, 2.05) is 0 Å². The van der Waals surface area contributed by atoms with E-state index in [9.17, 15) is 22.0 Å². The summed E-state index contributed by atoms with van der Waals surface area (Å²) in [5.41, 5.74) is 0.605. The average molecular weight is 373 g/mol. The van der Waals surface area contributed by atoms with Crippen LogP contribution in [0.3, 0.4) is 0 Å². The van der Waals surface area contributed by atoms with E-state index in [0.29, 0.717) is 11.1 Å². The number of nitrogens with zero attached hydrogens (tertiary/aromatic N) is 1. The van der Waals surface area contributed by atoms with Gasteiger partial charge >= 0.3 is 6.18 Å². The minimum absolute atomic E-state index is 0.0631. The summed E-state index contributed by atoms with van der Waals surface area (Å²) < 4.78 is 65.6. The van der Waals surface area contributed by atoms with Crippen molar-refractivity contribution in [3.8, 4) is 0 Å². The first-order chi connectivity index (χ1) is 11.7. The molecule has 3 aromatic rings. The van der Waals surface area contributed by atoms with Crippen molar-refractivity contribution in [2.75, 3.05) is 0 Å². The molecule has 0 aliphatic heterocycles. The quantitative estimate of drug-likeness (QED) is 0.444. The van der Waals surface area contributed by atoms with Gasteiger partial charge in [0.2, 0.25) is 5.95 Å². The standard InChI is InChI=1S/C17H10ClF5N2/c18-14-7-11(19)2-3-12(14)10(8-17(21,22)23)5-9-1-4-15-13(6-9)16(20)25-24-15/h1-7H,8H2,(H,24,25)/b10-5+. The molecular formula is C17H10ClF5N2. The van der Waals surface area contributed by atoms with E-state index in [1.165, 1.54) is 30.3 Å². The van der Waals surface area contributed by atoms with Gasteiger partial charge in [0.05, 0.1) is 22.3 Å². The molecule has 0 aliphatic carbocycles. The Morgan fingerprint density at radius 3 is 2.56 bits per heavy atom. The highest BCUT2D eigenvalue weighted by Crippen LogP contribution is 2.35. The van der Waals surface area contributed by atoms with Crippen molar-refractivity contribution in [1.29, 1.82) is 0 Å². The number of aromatic nitrogens is 2. The number of fused-ring (bicyclic) bond motifs is 1. The van der Waals surface area contributed by atoms with Crippen LogP contribution in [0.1, 0.15) is 17.5 Å². The van der Waals surface area contributed by atoms with Gasteiger partial charge in [-0.2, -0.15) is 22.7 Å². The first kappa shape index (κ1) is 17.4. The zero-order chi connectivity index (χ0) is 18.2. The maximum Gasteiger partial charge on any atom is 0.393 e. The third-order valence-corrected chi connectivity index (χ3v) is 3.85. The van der Waals surface area contributed by atoms with Crippen LogP contribution >= 0.6 is 11.6 Å². The highest BCUT2D eigenvalue weighted by Gasteiger charge is 2.30. The molecule has 1 N–H and O–H groups in total. The fourth-order valence-electron chi connectivity index (χ4n) is 2.48. The van der Waals surface area contributed by atoms with E-state index in [4.69, 9.17) is 11.6 Å². The number of alkyl halides is 3. The molecule has 2 nitrogen and oxygen atoms in total. The Labute approximate surface area is 143 Å². The first-order valence-corrected chi connectivity index (χ1v) is 7.47. The van der Waals surface area contributed by atoms with Gasteiger partial charge in [0, 0.05) is 0 Å². The van der Waals surface area contributed by atoms with E-state index in [2.05, 4.69) is 10.2 Å². The monoisotopic (exact) mass is 372 g/mol. The molecule has 3 rings (SSSR count). The molecule has 2 aromatic carbocycles. The molecule has 0 spiro atoms. The Balaban J connectivity index is 2.11. The van der Waals surface area contributed by atoms with Crippen LogP contribution < -0.4 is 0 Å². The molecule has 0 saturated carbocycles. The Morgan fingerprint density at radius 2 is 1.88 bits per heavy atom. The number of rotatable bonds is 3. The normalized spacial score (nSPS) is 12.8. The summed E-state index contributed by atoms with van der Waals surface area (Å²) in [7, 11) is 0. The summed E-state index contributed by atoms with van der Waals surface area (Å²) in [6.07, 6.45) is -4.50. The molecule has 0 unspecified atom stereocenters. The number of halogens is 6. The van der Waals surface area contributed by atoms with Crippen molar-refractivity contribution >= 4 is 34.2 Å². The molecule has 0 aliphatic rings. The number of nitrogens with one attached hydrogen (secondary N) is 1. The van der Waals surface area contributed by atoms with Crippen molar-refractivity contribution in [2.45, 2.75) is 12.6 Å². The average Bonchev–Trinajstić information content (AvgIpc) is 2.86. The van der Waals surface area contributed by atoms with Crippen molar-refractivity contribution in [3.05, 3.63) is 64.3 Å². The van der Waals surface area contributed by atoms with Gasteiger partial charge in [-0.25, -0.2) is 4.39 Å². The van der Waals surface area contributed by atoms with Crippen molar-refractivity contribution < 1.29 is 22.0 Å². The fourth-order valence-corrected chi connectivity index (χ4v) is 2.77. The number of allylic oxidation sites excluding steroid dienone is 1. The largest absolute Gasteiger partial charge is 0.393 e. The molecule has 0 radical (unpaired) electrons. The minimum atomic E-state index is -4.49. The van der Waals surface area contributed by atoms with E-state index in [0.717, 1.165) is 12.1 Å². The molecule has 0 atom stereocenters. The lowest BCUT2D eigenvalue weighted by molar-refractivity contribution is -0.122. The second-order valence-electron chi connectivity index (χ2n) is 5.40. The van der Waals surface area contributed by atoms with Crippen LogP contribution in [0.2, 0.25) is 5.02 Å². The van der Waals surface area contributed by atoms with Crippen LogP contribution in [0.5, 0.6) is 0 Å². The predicted octanol–water partition coefficient (Wildman–Crippen LogP) is 5.99. The lowest BCUT2D eigenvalue weighted by atomic mass is 9.99. The Bertz CT molecular complexity index is 959. The second-order valence-corrected chi connectivity index (χ2v) is 5.81. The number of benzene rings is 2. The van der Waals surface area contributed by atoms with Gasteiger partial charge in [-0.15, -0.1) is 0 Å². The van der Waals surface area contributed by atoms with Crippen LogP contribution in [0.25, 0.3) is 22.6 Å². The minimum Gasteiger partial charge on any atom is -0.252 e. The third kappa shape index (κ3) is 3.99. The smallest absolute Gasteiger partial charge is 0.252 e. The topological polar surface area (TPSA) is 28.7 Å². The maximum atomic E-state index is 13.6. The molecular weight excluding hydrogens is 363 g/mol. The molecule has 0 bridgehead atoms. The van der Waals surface area contributed by atoms with Crippen LogP contribution in [0.15, 0.2) is 36.4 Å². The van der Waals surface area contributed by atoms with Crippen molar-refractivity contribution in [3.63, 3.8) is 0 Å². The second kappa shape index (κ2) is 6.48. The van der Waals surface area contributed by atoms with E-state index >= 15 is 0 Å². The van der Waals surface area contributed by atoms with Crippen molar-refractivity contribution in [2.24, 2.45) is 0 Å². The SMILES string of the molecule is Fc1ccc(/C(=C/c2ccc3n[nH]c(F)c3c2)CC(F)(F)F)c(Cl)c1. The van der Waals surface area contributed by atoms with Crippen molar-refractivity contribution in [1.82, 2.24) is 10.2 Å². The van der Waals surface area contributed by atoms with Gasteiger partial charge in [0.25, 0.3) is 0 Å². The lowest BCUT2D eigenvalue weighted by Crippen LogP contribution is -2.08. The molecule has 0 amide bonds. The molecule has 8 heteroatoms. The predicted molar refractivity (Wildman–Crippen MR) is 86.0 cm³/mol. The molecule has 1 aromatic heterocycles.